The summed E-state index contributed by atoms with van der Waals surface area (Å²) in [6.07, 6.45) is 0. The Balaban J connectivity index is 1.69. The van der Waals surface area contributed by atoms with E-state index in [0.717, 1.165) is 38.3 Å². The minimum absolute atomic E-state index is 0.258. The van der Waals surface area contributed by atoms with Crippen LogP contribution in [0.3, 0.4) is 0 Å². The highest BCUT2D eigenvalue weighted by Crippen LogP contribution is 2.16. The van der Waals surface area contributed by atoms with Crippen LogP contribution < -0.4 is 20.7 Å². The molecule has 7 nitrogen and oxygen atoms in total. The SMILES string of the molecule is COc1ccccc1CNC(=O)C(=O)NCCN1CCNCC1. The molecule has 7 heteroatoms. The van der Waals surface area contributed by atoms with Crippen molar-refractivity contribution in [2.75, 3.05) is 46.4 Å². The lowest BCUT2D eigenvalue weighted by atomic mass is 10.2. The molecule has 3 N–H and O–H groups in total. The average molecular weight is 320 g/mol. The molecule has 1 aliphatic heterocycles. The normalized spacial score (nSPS) is 15.0. The van der Waals surface area contributed by atoms with Gasteiger partial charge in [-0.05, 0) is 6.07 Å². The standard InChI is InChI=1S/C16H24N4O3/c1-23-14-5-3-2-4-13(14)12-19-16(22)15(21)18-8-11-20-9-6-17-7-10-20/h2-5,17H,6-12H2,1H3,(H,18,21)(H,19,22). The van der Waals surface area contributed by atoms with Crippen LogP contribution in [0.5, 0.6) is 5.75 Å². The van der Waals surface area contributed by atoms with Crippen molar-refractivity contribution in [1.29, 1.82) is 0 Å². The number of hydrogen-bond acceptors (Lipinski definition) is 5. The number of ether oxygens (including phenoxy) is 1. The zero-order valence-corrected chi connectivity index (χ0v) is 13.4. The molecule has 23 heavy (non-hydrogen) atoms. The predicted molar refractivity (Wildman–Crippen MR) is 87.2 cm³/mol. The van der Waals surface area contributed by atoms with E-state index < -0.39 is 11.8 Å². The van der Waals surface area contributed by atoms with Crippen LogP contribution in [0, 0.1) is 0 Å². The van der Waals surface area contributed by atoms with E-state index >= 15 is 0 Å². The van der Waals surface area contributed by atoms with Gasteiger partial charge in [0.15, 0.2) is 0 Å². The molecule has 126 valence electrons. The van der Waals surface area contributed by atoms with Gasteiger partial charge >= 0.3 is 11.8 Å². The van der Waals surface area contributed by atoms with Gasteiger partial charge < -0.3 is 20.7 Å². The number of hydrogen-bond donors (Lipinski definition) is 3. The summed E-state index contributed by atoms with van der Waals surface area (Å²) in [7, 11) is 1.57. The van der Waals surface area contributed by atoms with E-state index in [1.807, 2.05) is 24.3 Å². The highest BCUT2D eigenvalue weighted by atomic mass is 16.5. The maximum Gasteiger partial charge on any atom is 0.309 e. The minimum atomic E-state index is -0.629. The van der Waals surface area contributed by atoms with Crippen LogP contribution in [-0.2, 0) is 16.1 Å². The van der Waals surface area contributed by atoms with Crippen LogP contribution >= 0.6 is 0 Å². The van der Waals surface area contributed by atoms with Gasteiger partial charge in [-0.2, -0.15) is 0 Å². The Morgan fingerprint density at radius 3 is 2.61 bits per heavy atom. The van der Waals surface area contributed by atoms with Gasteiger partial charge in [0.05, 0.1) is 7.11 Å². The Morgan fingerprint density at radius 2 is 1.87 bits per heavy atom. The lowest BCUT2D eigenvalue weighted by Crippen LogP contribution is -2.47. The first-order chi connectivity index (χ1) is 11.2. The number of amides is 2. The van der Waals surface area contributed by atoms with Gasteiger partial charge in [-0.15, -0.1) is 0 Å². The highest BCUT2D eigenvalue weighted by molar-refractivity contribution is 6.35. The van der Waals surface area contributed by atoms with E-state index in [0.29, 0.717) is 12.3 Å². The maximum atomic E-state index is 11.8. The van der Waals surface area contributed by atoms with Crippen molar-refractivity contribution in [2.45, 2.75) is 6.54 Å². The number of para-hydroxylation sites is 1. The second kappa shape index (κ2) is 9.12. The number of benzene rings is 1. The van der Waals surface area contributed by atoms with Crippen molar-refractivity contribution in [2.24, 2.45) is 0 Å². The zero-order chi connectivity index (χ0) is 16.5. The molecule has 1 aromatic carbocycles. The molecule has 1 fully saturated rings. The van der Waals surface area contributed by atoms with E-state index in [2.05, 4.69) is 20.9 Å². The van der Waals surface area contributed by atoms with Gasteiger partial charge in [-0.3, -0.25) is 14.5 Å². The maximum absolute atomic E-state index is 11.8. The number of nitrogens with one attached hydrogen (secondary N) is 3. The summed E-state index contributed by atoms with van der Waals surface area (Å²) in [6, 6.07) is 7.38. The van der Waals surface area contributed by atoms with Crippen LogP contribution in [0.25, 0.3) is 0 Å². The van der Waals surface area contributed by atoms with E-state index in [1.165, 1.54) is 0 Å². The Kier molecular flexibility index (Phi) is 6.83. The minimum Gasteiger partial charge on any atom is -0.496 e. The molecule has 0 saturated carbocycles. The number of rotatable bonds is 6. The monoisotopic (exact) mass is 320 g/mol. The molecule has 0 aliphatic carbocycles. The molecule has 0 bridgehead atoms. The molecule has 0 aromatic heterocycles. The largest absolute Gasteiger partial charge is 0.496 e. The van der Waals surface area contributed by atoms with Gasteiger partial charge in [0, 0.05) is 51.4 Å². The Labute approximate surface area is 136 Å². The molecular weight excluding hydrogens is 296 g/mol. The number of methoxy groups -OCH3 is 1. The summed E-state index contributed by atoms with van der Waals surface area (Å²) < 4.78 is 5.21. The van der Waals surface area contributed by atoms with Crippen LogP contribution in [0.4, 0.5) is 0 Å². The summed E-state index contributed by atoms with van der Waals surface area (Å²) >= 11 is 0. The molecule has 1 saturated heterocycles. The fraction of sp³-hybridized carbons (Fsp3) is 0.500. The van der Waals surface area contributed by atoms with Gasteiger partial charge in [-0.1, -0.05) is 18.2 Å². The molecule has 1 aliphatic rings. The molecule has 0 radical (unpaired) electrons. The first-order valence-electron chi connectivity index (χ1n) is 7.81. The fourth-order valence-corrected chi connectivity index (χ4v) is 2.45. The summed E-state index contributed by atoms with van der Waals surface area (Å²) in [6.45, 7) is 5.36. The first-order valence-corrected chi connectivity index (χ1v) is 7.81. The van der Waals surface area contributed by atoms with Gasteiger partial charge in [0.2, 0.25) is 0 Å². The van der Waals surface area contributed by atoms with Crippen LogP contribution in [0.1, 0.15) is 5.56 Å². The van der Waals surface area contributed by atoms with Crippen molar-refractivity contribution >= 4 is 11.8 Å². The molecule has 1 heterocycles. The summed E-state index contributed by atoms with van der Waals surface area (Å²) in [4.78, 5) is 25.8. The van der Waals surface area contributed by atoms with Gasteiger partial charge in [-0.25, -0.2) is 0 Å². The predicted octanol–water partition coefficient (Wildman–Crippen LogP) is -0.667. The fourth-order valence-electron chi connectivity index (χ4n) is 2.45. The van der Waals surface area contributed by atoms with E-state index in [9.17, 15) is 9.59 Å². The Bertz CT molecular complexity index is 530. The number of piperazine rings is 1. The molecule has 2 amide bonds. The van der Waals surface area contributed by atoms with Crippen molar-refractivity contribution in [3.05, 3.63) is 29.8 Å². The Hall–Kier alpha value is -2.12. The Morgan fingerprint density at radius 1 is 1.17 bits per heavy atom. The van der Waals surface area contributed by atoms with E-state index in [1.54, 1.807) is 7.11 Å². The van der Waals surface area contributed by atoms with Crippen LogP contribution in [0.2, 0.25) is 0 Å². The number of nitrogens with zero attached hydrogens (tertiary/aromatic N) is 1. The first kappa shape index (κ1) is 17.2. The summed E-state index contributed by atoms with van der Waals surface area (Å²) in [5.41, 5.74) is 0.831. The number of carbonyl (C=O) groups is 2. The zero-order valence-electron chi connectivity index (χ0n) is 13.4. The molecule has 0 unspecified atom stereocenters. The summed E-state index contributed by atoms with van der Waals surface area (Å²) in [5, 5.41) is 8.53. The van der Waals surface area contributed by atoms with Crippen molar-refractivity contribution in [1.82, 2.24) is 20.9 Å². The van der Waals surface area contributed by atoms with Gasteiger partial charge in [0.1, 0.15) is 5.75 Å². The second-order valence-corrected chi connectivity index (χ2v) is 5.34. The van der Waals surface area contributed by atoms with Crippen molar-refractivity contribution < 1.29 is 14.3 Å². The number of carbonyl (C=O) groups excluding carboxylic acids is 2. The average Bonchev–Trinajstić information content (AvgIpc) is 2.60. The molecule has 2 rings (SSSR count). The lowest BCUT2D eigenvalue weighted by Gasteiger charge is -2.26. The molecule has 1 aromatic rings. The van der Waals surface area contributed by atoms with E-state index in [4.69, 9.17) is 4.74 Å². The molecular formula is C16H24N4O3. The third kappa shape index (κ3) is 5.54. The third-order valence-electron chi connectivity index (χ3n) is 3.76. The van der Waals surface area contributed by atoms with Crippen LogP contribution in [0.15, 0.2) is 24.3 Å². The highest BCUT2D eigenvalue weighted by Gasteiger charge is 2.14. The van der Waals surface area contributed by atoms with Crippen LogP contribution in [-0.4, -0.2) is 63.1 Å². The smallest absolute Gasteiger partial charge is 0.309 e. The summed E-state index contributed by atoms with van der Waals surface area (Å²) in [5.74, 6) is -0.543. The molecule has 0 atom stereocenters. The molecule has 0 spiro atoms. The topological polar surface area (TPSA) is 82.7 Å². The van der Waals surface area contributed by atoms with E-state index in [-0.39, 0.29) is 6.54 Å². The lowest BCUT2D eigenvalue weighted by molar-refractivity contribution is -0.139. The van der Waals surface area contributed by atoms with Crippen molar-refractivity contribution in [3.63, 3.8) is 0 Å². The third-order valence-corrected chi connectivity index (χ3v) is 3.76. The second-order valence-electron chi connectivity index (χ2n) is 5.34. The quantitative estimate of drug-likeness (QED) is 0.606. The van der Waals surface area contributed by atoms with Gasteiger partial charge in [0.25, 0.3) is 0 Å². The van der Waals surface area contributed by atoms with Crippen molar-refractivity contribution in [3.8, 4) is 5.75 Å².